The van der Waals surface area contributed by atoms with Crippen molar-refractivity contribution in [1.29, 1.82) is 0 Å². The maximum Gasteiger partial charge on any atom is 0.245 e. The smallest absolute Gasteiger partial charge is 0.245 e. The Labute approximate surface area is 115 Å². The fraction of sp³-hybridized carbons (Fsp3) is 0.429. The van der Waals surface area contributed by atoms with Crippen LogP contribution in [-0.2, 0) is 16.0 Å². The molecule has 1 aliphatic heterocycles. The van der Waals surface area contributed by atoms with Gasteiger partial charge in [0, 0.05) is 19.2 Å². The maximum atomic E-state index is 13.6. The van der Waals surface area contributed by atoms with Crippen LogP contribution in [0.2, 0.25) is 0 Å². The number of piperazine rings is 1. The van der Waals surface area contributed by atoms with Crippen molar-refractivity contribution in [2.24, 2.45) is 0 Å². The highest BCUT2D eigenvalue weighted by Crippen LogP contribution is 2.20. The van der Waals surface area contributed by atoms with Gasteiger partial charge in [-0.25, -0.2) is 8.78 Å². The molecule has 1 heterocycles. The molecule has 108 valence electrons. The first-order valence-electron chi connectivity index (χ1n) is 6.35. The molecule has 1 aliphatic rings. The van der Waals surface area contributed by atoms with E-state index in [1.165, 1.54) is 11.0 Å². The van der Waals surface area contributed by atoms with Gasteiger partial charge in [0.2, 0.25) is 11.8 Å². The molecule has 1 saturated heterocycles. The van der Waals surface area contributed by atoms with E-state index in [1.54, 1.807) is 13.8 Å². The molecule has 0 bridgehead atoms. The summed E-state index contributed by atoms with van der Waals surface area (Å²) in [4.78, 5) is 25.4. The van der Waals surface area contributed by atoms with Crippen LogP contribution in [-0.4, -0.2) is 35.3 Å². The molecule has 1 aromatic carbocycles. The number of carbonyl (C=O) groups is 2. The van der Waals surface area contributed by atoms with E-state index in [-0.39, 0.29) is 23.8 Å². The van der Waals surface area contributed by atoms with Crippen LogP contribution in [0.1, 0.15) is 19.4 Å². The molecule has 0 saturated carbocycles. The summed E-state index contributed by atoms with van der Waals surface area (Å²) in [7, 11) is 0. The quantitative estimate of drug-likeness (QED) is 0.887. The number of nitrogens with one attached hydrogen (secondary N) is 1. The van der Waals surface area contributed by atoms with Gasteiger partial charge in [0.15, 0.2) is 0 Å². The zero-order valence-corrected chi connectivity index (χ0v) is 11.4. The molecular formula is C14H16F2N2O2. The van der Waals surface area contributed by atoms with Crippen LogP contribution in [0.25, 0.3) is 0 Å². The Balaban J connectivity index is 2.17. The molecule has 1 fully saturated rings. The van der Waals surface area contributed by atoms with E-state index in [0.29, 0.717) is 13.1 Å². The molecule has 6 heteroatoms. The van der Waals surface area contributed by atoms with Gasteiger partial charge in [0.1, 0.15) is 17.2 Å². The lowest BCUT2D eigenvalue weighted by Gasteiger charge is -2.41. The second kappa shape index (κ2) is 5.19. The van der Waals surface area contributed by atoms with Gasteiger partial charge in [0.05, 0.1) is 6.42 Å². The maximum absolute atomic E-state index is 13.6. The minimum atomic E-state index is -0.966. The number of amides is 2. The molecule has 4 nitrogen and oxygen atoms in total. The van der Waals surface area contributed by atoms with Crippen molar-refractivity contribution in [3.8, 4) is 0 Å². The molecule has 1 N–H and O–H groups in total. The lowest BCUT2D eigenvalue weighted by molar-refractivity contribution is -0.148. The summed E-state index contributed by atoms with van der Waals surface area (Å²) >= 11 is 0. The summed E-state index contributed by atoms with van der Waals surface area (Å²) in [5.74, 6) is -2.03. The van der Waals surface area contributed by atoms with E-state index in [1.807, 2.05) is 0 Å². The van der Waals surface area contributed by atoms with Gasteiger partial charge < -0.3 is 10.2 Å². The summed E-state index contributed by atoms with van der Waals surface area (Å²) in [5.41, 5.74) is -0.843. The van der Waals surface area contributed by atoms with Crippen LogP contribution in [0.4, 0.5) is 8.78 Å². The summed E-state index contributed by atoms with van der Waals surface area (Å²) in [6.45, 7) is 4.03. The van der Waals surface area contributed by atoms with Crippen molar-refractivity contribution in [2.75, 3.05) is 13.1 Å². The second-order valence-electron chi connectivity index (χ2n) is 5.27. The molecule has 0 aliphatic carbocycles. The highest BCUT2D eigenvalue weighted by Gasteiger charge is 2.40. The molecule has 0 aromatic heterocycles. The first kappa shape index (κ1) is 14.4. The van der Waals surface area contributed by atoms with Crippen LogP contribution < -0.4 is 5.32 Å². The highest BCUT2D eigenvalue weighted by atomic mass is 19.1. The minimum Gasteiger partial charge on any atom is -0.352 e. The van der Waals surface area contributed by atoms with Gasteiger partial charge in [-0.3, -0.25) is 9.59 Å². The van der Waals surface area contributed by atoms with Crippen molar-refractivity contribution in [3.63, 3.8) is 0 Å². The predicted octanol–water partition coefficient (Wildman–Crippen LogP) is 1.24. The largest absolute Gasteiger partial charge is 0.352 e. The number of carbonyl (C=O) groups excluding carboxylic acids is 2. The molecule has 1 aromatic rings. The molecule has 2 rings (SSSR count). The molecule has 0 unspecified atom stereocenters. The van der Waals surface area contributed by atoms with Crippen molar-refractivity contribution >= 4 is 11.8 Å². The standard InChI is InChI=1S/C14H16F2N2O2/c1-14(2)13(20)17-5-6-18(14)12(19)7-9-3-4-10(15)8-11(9)16/h3-4,8H,5-7H2,1-2H3,(H,17,20). The first-order chi connectivity index (χ1) is 9.32. The molecule has 2 amide bonds. The van der Waals surface area contributed by atoms with Gasteiger partial charge in [-0.1, -0.05) is 6.07 Å². The van der Waals surface area contributed by atoms with Gasteiger partial charge in [0.25, 0.3) is 0 Å². The molecule has 0 radical (unpaired) electrons. The topological polar surface area (TPSA) is 49.4 Å². The Morgan fingerprint density at radius 3 is 2.75 bits per heavy atom. The van der Waals surface area contributed by atoms with E-state index >= 15 is 0 Å². The fourth-order valence-electron chi connectivity index (χ4n) is 2.26. The Hall–Kier alpha value is -1.98. The Morgan fingerprint density at radius 2 is 2.10 bits per heavy atom. The SMILES string of the molecule is CC1(C)C(=O)NCCN1C(=O)Cc1ccc(F)cc1F. The van der Waals surface area contributed by atoms with Crippen LogP contribution in [0, 0.1) is 11.6 Å². The summed E-state index contributed by atoms with van der Waals surface area (Å²) in [6, 6.07) is 3.11. The zero-order valence-electron chi connectivity index (χ0n) is 11.4. The van der Waals surface area contributed by atoms with E-state index in [9.17, 15) is 18.4 Å². The lowest BCUT2D eigenvalue weighted by atomic mass is 9.97. The highest BCUT2D eigenvalue weighted by molar-refractivity contribution is 5.92. The van der Waals surface area contributed by atoms with Crippen molar-refractivity contribution in [2.45, 2.75) is 25.8 Å². The van der Waals surface area contributed by atoms with E-state index in [4.69, 9.17) is 0 Å². The summed E-state index contributed by atoms with van der Waals surface area (Å²) in [5, 5.41) is 2.68. The number of hydrogen-bond donors (Lipinski definition) is 1. The minimum absolute atomic E-state index is 0.123. The number of hydrogen-bond acceptors (Lipinski definition) is 2. The average molecular weight is 282 g/mol. The van der Waals surface area contributed by atoms with Crippen LogP contribution in [0.5, 0.6) is 0 Å². The number of nitrogens with zero attached hydrogens (tertiary/aromatic N) is 1. The summed E-state index contributed by atoms with van der Waals surface area (Å²) < 4.78 is 26.4. The van der Waals surface area contributed by atoms with Crippen LogP contribution >= 0.6 is 0 Å². The number of halogens is 2. The van der Waals surface area contributed by atoms with Gasteiger partial charge in [-0.05, 0) is 25.5 Å². The Kier molecular flexibility index (Phi) is 3.74. The zero-order chi connectivity index (χ0) is 14.9. The van der Waals surface area contributed by atoms with Crippen molar-refractivity contribution in [1.82, 2.24) is 10.2 Å². The average Bonchev–Trinajstić information content (AvgIpc) is 2.36. The second-order valence-corrected chi connectivity index (χ2v) is 5.27. The van der Waals surface area contributed by atoms with Crippen LogP contribution in [0.3, 0.4) is 0 Å². The molecule has 0 atom stereocenters. The van der Waals surface area contributed by atoms with Gasteiger partial charge in [-0.2, -0.15) is 0 Å². The first-order valence-corrected chi connectivity index (χ1v) is 6.35. The van der Waals surface area contributed by atoms with E-state index in [0.717, 1.165) is 12.1 Å². The Bertz CT molecular complexity index is 558. The Morgan fingerprint density at radius 1 is 1.40 bits per heavy atom. The molecule has 0 spiro atoms. The molecular weight excluding hydrogens is 266 g/mol. The van der Waals surface area contributed by atoms with Crippen LogP contribution in [0.15, 0.2) is 18.2 Å². The third-order valence-corrected chi connectivity index (χ3v) is 3.51. The third kappa shape index (κ3) is 2.64. The third-order valence-electron chi connectivity index (χ3n) is 3.51. The lowest BCUT2D eigenvalue weighted by Crippen LogP contribution is -2.63. The van der Waals surface area contributed by atoms with E-state index < -0.39 is 17.2 Å². The van der Waals surface area contributed by atoms with Crippen molar-refractivity contribution in [3.05, 3.63) is 35.4 Å². The number of rotatable bonds is 2. The van der Waals surface area contributed by atoms with E-state index in [2.05, 4.69) is 5.32 Å². The normalized spacial score (nSPS) is 17.8. The monoisotopic (exact) mass is 282 g/mol. The predicted molar refractivity (Wildman–Crippen MR) is 68.9 cm³/mol. The van der Waals surface area contributed by atoms with Crippen molar-refractivity contribution < 1.29 is 18.4 Å². The summed E-state index contributed by atoms with van der Waals surface area (Å²) in [6.07, 6.45) is -0.192. The number of benzene rings is 1. The fourth-order valence-corrected chi connectivity index (χ4v) is 2.26. The molecule has 20 heavy (non-hydrogen) atoms. The van der Waals surface area contributed by atoms with Gasteiger partial charge in [-0.15, -0.1) is 0 Å². The van der Waals surface area contributed by atoms with Gasteiger partial charge >= 0.3 is 0 Å².